The summed E-state index contributed by atoms with van der Waals surface area (Å²) >= 11 is 6.32. The molecule has 5 heteroatoms. The molecule has 0 aliphatic carbocycles. The van der Waals surface area contributed by atoms with E-state index in [-0.39, 0.29) is 16.9 Å². The molecule has 108 valence electrons. The topological polar surface area (TPSA) is 46.9 Å². The maximum Gasteiger partial charge on any atom is 0.243 e. The van der Waals surface area contributed by atoms with Gasteiger partial charge in [0.1, 0.15) is 5.38 Å². The van der Waals surface area contributed by atoms with Gasteiger partial charge in [0.2, 0.25) is 5.91 Å². The first-order valence-electron chi connectivity index (χ1n) is 6.42. The number of amides is 1. The van der Waals surface area contributed by atoms with Crippen LogP contribution in [0.2, 0.25) is 0 Å². The van der Waals surface area contributed by atoms with Gasteiger partial charge in [-0.1, -0.05) is 20.8 Å². The molecule has 1 unspecified atom stereocenters. The van der Waals surface area contributed by atoms with Gasteiger partial charge in [0, 0.05) is 29.8 Å². The van der Waals surface area contributed by atoms with E-state index in [1.807, 2.05) is 34.0 Å². The lowest BCUT2D eigenvalue weighted by molar-refractivity contribution is -0.122. The van der Waals surface area contributed by atoms with Gasteiger partial charge in [-0.25, -0.2) is 0 Å². The molecule has 4 nitrogen and oxygen atoms in total. The number of aryl methyl sites for hydroxylation is 1. The van der Waals surface area contributed by atoms with Crippen molar-refractivity contribution in [2.45, 2.75) is 57.9 Å². The number of aromatic nitrogens is 2. The lowest BCUT2D eigenvalue weighted by Gasteiger charge is -2.24. The van der Waals surface area contributed by atoms with E-state index in [4.69, 9.17) is 11.6 Å². The van der Waals surface area contributed by atoms with Gasteiger partial charge < -0.3 is 5.32 Å². The lowest BCUT2D eigenvalue weighted by atomic mass is 9.88. The Morgan fingerprint density at radius 2 is 1.84 bits per heavy atom. The predicted octanol–water partition coefficient (Wildman–Crippen LogP) is 2.91. The molecule has 1 aromatic rings. The highest BCUT2D eigenvalue weighted by Gasteiger charge is 2.30. The predicted molar refractivity (Wildman–Crippen MR) is 78.4 cm³/mol. The van der Waals surface area contributed by atoms with Gasteiger partial charge in [-0.3, -0.25) is 9.48 Å². The highest BCUT2D eigenvalue weighted by Crippen LogP contribution is 2.31. The van der Waals surface area contributed by atoms with Crippen LogP contribution < -0.4 is 5.32 Å². The van der Waals surface area contributed by atoms with Crippen molar-refractivity contribution in [1.82, 2.24) is 15.1 Å². The molecule has 1 atom stereocenters. The van der Waals surface area contributed by atoms with Gasteiger partial charge in [-0.15, -0.1) is 11.6 Å². The SMILES string of the molecule is Cn1cc(C(Cl)C(=O)NC(C)(C)C)c(C(C)(C)C)n1. The maximum atomic E-state index is 12.2. The zero-order chi connectivity index (χ0) is 15.0. The van der Waals surface area contributed by atoms with E-state index < -0.39 is 5.38 Å². The largest absolute Gasteiger partial charge is 0.350 e. The molecule has 0 radical (unpaired) electrons. The molecule has 0 aromatic carbocycles. The van der Waals surface area contributed by atoms with E-state index in [9.17, 15) is 4.79 Å². The molecule has 0 saturated heterocycles. The molecule has 0 bridgehead atoms. The summed E-state index contributed by atoms with van der Waals surface area (Å²) in [7, 11) is 1.84. The second-order valence-electron chi connectivity index (χ2n) is 6.96. The lowest BCUT2D eigenvalue weighted by Crippen LogP contribution is -2.42. The summed E-state index contributed by atoms with van der Waals surface area (Å²) in [6.07, 6.45) is 1.82. The molecule has 0 fully saturated rings. The molecule has 0 aliphatic heterocycles. The van der Waals surface area contributed by atoms with E-state index >= 15 is 0 Å². The number of hydrogen-bond acceptors (Lipinski definition) is 2. The van der Waals surface area contributed by atoms with Crippen molar-refractivity contribution < 1.29 is 4.79 Å². The Balaban J connectivity index is 3.07. The second-order valence-corrected chi connectivity index (χ2v) is 7.39. The van der Waals surface area contributed by atoms with Crippen LogP contribution in [0, 0.1) is 0 Å². The van der Waals surface area contributed by atoms with E-state index in [2.05, 4.69) is 31.2 Å². The van der Waals surface area contributed by atoms with Crippen molar-refractivity contribution >= 4 is 17.5 Å². The first-order chi connectivity index (χ1) is 8.42. The first kappa shape index (κ1) is 16.0. The van der Waals surface area contributed by atoms with E-state index in [0.29, 0.717) is 0 Å². The van der Waals surface area contributed by atoms with E-state index in [0.717, 1.165) is 11.3 Å². The number of carbonyl (C=O) groups is 1. The smallest absolute Gasteiger partial charge is 0.243 e. The van der Waals surface area contributed by atoms with Crippen molar-refractivity contribution in [3.8, 4) is 0 Å². The third-order valence-corrected chi connectivity index (χ3v) is 3.00. The number of halogens is 1. The van der Waals surface area contributed by atoms with Crippen LogP contribution in [-0.4, -0.2) is 21.2 Å². The van der Waals surface area contributed by atoms with Crippen LogP contribution >= 0.6 is 11.6 Å². The Hall–Kier alpha value is -1.03. The molecule has 1 N–H and O–H groups in total. The van der Waals surface area contributed by atoms with E-state index in [1.54, 1.807) is 4.68 Å². The molecule has 0 saturated carbocycles. The summed E-state index contributed by atoms with van der Waals surface area (Å²) in [5.74, 6) is -0.187. The molecule has 0 aliphatic rings. The number of alkyl halides is 1. The monoisotopic (exact) mass is 285 g/mol. The fourth-order valence-corrected chi connectivity index (χ4v) is 2.06. The summed E-state index contributed by atoms with van der Waals surface area (Å²) in [4.78, 5) is 12.2. The van der Waals surface area contributed by atoms with Crippen molar-refractivity contribution in [3.63, 3.8) is 0 Å². The van der Waals surface area contributed by atoms with Gasteiger partial charge in [0.25, 0.3) is 0 Å². The molecule has 19 heavy (non-hydrogen) atoms. The Morgan fingerprint density at radius 3 is 2.26 bits per heavy atom. The minimum atomic E-state index is -0.720. The zero-order valence-electron chi connectivity index (χ0n) is 12.8. The number of hydrogen-bond donors (Lipinski definition) is 1. The molecular formula is C14H24ClN3O. The molecule has 1 aromatic heterocycles. The third-order valence-electron chi connectivity index (χ3n) is 2.57. The highest BCUT2D eigenvalue weighted by atomic mass is 35.5. The van der Waals surface area contributed by atoms with Gasteiger partial charge in [-0.05, 0) is 20.8 Å². The van der Waals surface area contributed by atoms with Crippen molar-refractivity contribution in [2.75, 3.05) is 0 Å². The Morgan fingerprint density at radius 1 is 1.32 bits per heavy atom. The Kier molecular flexibility index (Phi) is 4.35. The number of nitrogens with zero attached hydrogens (tertiary/aromatic N) is 2. The molecule has 1 amide bonds. The first-order valence-corrected chi connectivity index (χ1v) is 6.85. The Labute approximate surface area is 120 Å². The fraction of sp³-hybridized carbons (Fsp3) is 0.714. The van der Waals surface area contributed by atoms with Gasteiger partial charge >= 0.3 is 0 Å². The van der Waals surface area contributed by atoms with Crippen LogP contribution in [0.15, 0.2) is 6.20 Å². The summed E-state index contributed by atoms with van der Waals surface area (Å²) in [6.45, 7) is 12.0. The standard InChI is InChI=1S/C14H24ClN3O/c1-13(2,3)11-9(8-18(7)17-11)10(15)12(19)16-14(4,5)6/h8,10H,1-7H3,(H,16,19). The van der Waals surface area contributed by atoms with Crippen LogP contribution in [0.3, 0.4) is 0 Å². The number of nitrogens with one attached hydrogen (secondary N) is 1. The van der Waals surface area contributed by atoms with Crippen LogP contribution in [0.1, 0.15) is 58.2 Å². The highest BCUT2D eigenvalue weighted by molar-refractivity contribution is 6.30. The molecule has 0 spiro atoms. The van der Waals surface area contributed by atoms with Crippen molar-refractivity contribution in [2.24, 2.45) is 7.05 Å². The summed E-state index contributed by atoms with van der Waals surface area (Å²) in [5.41, 5.74) is 1.19. The van der Waals surface area contributed by atoms with Gasteiger partial charge in [0.05, 0.1) is 5.69 Å². The van der Waals surface area contributed by atoms with Crippen LogP contribution in [0.5, 0.6) is 0 Å². The summed E-state index contributed by atoms with van der Waals surface area (Å²) in [6, 6.07) is 0. The quantitative estimate of drug-likeness (QED) is 0.849. The van der Waals surface area contributed by atoms with Crippen molar-refractivity contribution in [3.05, 3.63) is 17.5 Å². The van der Waals surface area contributed by atoms with Gasteiger partial charge in [-0.2, -0.15) is 5.10 Å². The van der Waals surface area contributed by atoms with Crippen LogP contribution in [0.4, 0.5) is 0 Å². The summed E-state index contributed by atoms with van der Waals surface area (Å²) in [5, 5.41) is 6.61. The van der Waals surface area contributed by atoms with Crippen LogP contribution in [-0.2, 0) is 17.3 Å². The minimum Gasteiger partial charge on any atom is -0.350 e. The third kappa shape index (κ3) is 4.23. The number of carbonyl (C=O) groups excluding carboxylic acids is 1. The second kappa shape index (κ2) is 5.16. The minimum absolute atomic E-state index is 0.147. The average molecular weight is 286 g/mol. The zero-order valence-corrected chi connectivity index (χ0v) is 13.6. The Bertz CT molecular complexity index is 466. The van der Waals surface area contributed by atoms with Crippen LogP contribution in [0.25, 0.3) is 0 Å². The van der Waals surface area contributed by atoms with E-state index in [1.165, 1.54) is 0 Å². The molecule has 1 rings (SSSR count). The fourth-order valence-electron chi connectivity index (χ4n) is 1.85. The normalized spacial score (nSPS) is 14.3. The molecule has 1 heterocycles. The maximum absolute atomic E-state index is 12.2. The average Bonchev–Trinajstić information content (AvgIpc) is 2.55. The number of rotatable bonds is 2. The summed E-state index contributed by atoms with van der Waals surface area (Å²) < 4.78 is 1.70. The molecular weight excluding hydrogens is 262 g/mol. The van der Waals surface area contributed by atoms with Crippen molar-refractivity contribution in [1.29, 1.82) is 0 Å². The van der Waals surface area contributed by atoms with Gasteiger partial charge in [0.15, 0.2) is 0 Å².